The molecule has 0 radical (unpaired) electrons. The number of rotatable bonds is 8. The van der Waals surface area contributed by atoms with Crippen LogP contribution < -0.4 is 10.9 Å². The number of aromatic nitrogens is 2. The number of fused-ring (bicyclic) bond motifs is 1. The van der Waals surface area contributed by atoms with Crippen LogP contribution in [0.15, 0.2) is 58.5 Å². The molecule has 0 saturated heterocycles. The molecule has 1 atom stereocenters. The minimum absolute atomic E-state index is 0.119. The van der Waals surface area contributed by atoms with Crippen LogP contribution in [0.3, 0.4) is 0 Å². The van der Waals surface area contributed by atoms with Crippen LogP contribution in [-0.2, 0) is 9.53 Å². The number of thioether (sulfide) groups is 1. The molecule has 152 valence electrons. The zero-order chi connectivity index (χ0) is 20.8. The predicted octanol–water partition coefficient (Wildman–Crippen LogP) is 3.67. The summed E-state index contributed by atoms with van der Waals surface area (Å²) in [5.41, 5.74) is 0.995. The Balaban J connectivity index is 1.97. The van der Waals surface area contributed by atoms with E-state index >= 15 is 0 Å². The quantitative estimate of drug-likeness (QED) is 0.334. The van der Waals surface area contributed by atoms with Crippen LogP contribution in [0.25, 0.3) is 16.6 Å². The first-order valence-electron chi connectivity index (χ1n) is 9.22. The fraction of sp³-hybridized carbons (Fsp3) is 0.286. The zero-order valence-corrected chi connectivity index (χ0v) is 17.8. The van der Waals surface area contributed by atoms with Gasteiger partial charge >= 0.3 is 0 Å². The smallest absolute Gasteiger partial charge is 0.266 e. The standard InChI is InChI=1S/C21H22ClN3O3S/c1-14(19(26)23-11-6-12-28-2)29-21-24-18-10-4-3-9-17(18)20(27)25(21)16-8-5-7-15(22)13-16/h3-5,7-10,13-14H,6,11-12H2,1-2H3,(H,23,26). The van der Waals surface area contributed by atoms with Crippen LogP contribution >= 0.6 is 23.4 Å². The molecule has 29 heavy (non-hydrogen) atoms. The summed E-state index contributed by atoms with van der Waals surface area (Å²) in [6.07, 6.45) is 0.737. The van der Waals surface area contributed by atoms with E-state index in [0.29, 0.717) is 39.9 Å². The number of para-hydroxylation sites is 1. The SMILES string of the molecule is COCCCNC(=O)C(C)Sc1nc2ccccc2c(=O)n1-c1cccc(Cl)c1. The van der Waals surface area contributed by atoms with Crippen molar-refractivity contribution in [3.05, 3.63) is 63.9 Å². The topological polar surface area (TPSA) is 73.2 Å². The minimum Gasteiger partial charge on any atom is -0.385 e. The van der Waals surface area contributed by atoms with Crippen molar-refractivity contribution in [3.63, 3.8) is 0 Å². The number of amides is 1. The van der Waals surface area contributed by atoms with E-state index in [0.717, 1.165) is 6.42 Å². The van der Waals surface area contributed by atoms with E-state index in [1.807, 2.05) is 6.07 Å². The summed E-state index contributed by atoms with van der Waals surface area (Å²) in [6, 6.07) is 14.2. The van der Waals surface area contributed by atoms with E-state index in [4.69, 9.17) is 16.3 Å². The highest BCUT2D eigenvalue weighted by Crippen LogP contribution is 2.26. The number of benzene rings is 2. The molecule has 0 aliphatic carbocycles. The molecule has 3 aromatic rings. The number of ether oxygens (including phenoxy) is 1. The molecule has 1 aromatic heterocycles. The number of nitrogens with one attached hydrogen (secondary N) is 1. The van der Waals surface area contributed by atoms with Crippen molar-refractivity contribution in [2.45, 2.75) is 23.8 Å². The number of nitrogens with zero attached hydrogens (tertiary/aromatic N) is 2. The Morgan fingerprint density at radius 2 is 2.07 bits per heavy atom. The summed E-state index contributed by atoms with van der Waals surface area (Å²) < 4.78 is 6.50. The lowest BCUT2D eigenvalue weighted by Gasteiger charge is -2.16. The molecular weight excluding hydrogens is 410 g/mol. The van der Waals surface area contributed by atoms with E-state index in [1.165, 1.54) is 16.3 Å². The van der Waals surface area contributed by atoms with Crippen LogP contribution in [0.1, 0.15) is 13.3 Å². The Bertz CT molecular complexity index is 1070. The van der Waals surface area contributed by atoms with Crippen molar-refractivity contribution >= 4 is 40.2 Å². The molecule has 3 rings (SSSR count). The number of carbonyl (C=O) groups is 1. The van der Waals surface area contributed by atoms with Crippen LogP contribution in [0.4, 0.5) is 0 Å². The van der Waals surface area contributed by atoms with Crippen molar-refractivity contribution in [1.29, 1.82) is 0 Å². The van der Waals surface area contributed by atoms with Gasteiger partial charge in [-0.25, -0.2) is 4.98 Å². The molecule has 1 heterocycles. The maximum Gasteiger partial charge on any atom is 0.266 e. The van der Waals surface area contributed by atoms with Gasteiger partial charge in [-0.05, 0) is 43.7 Å². The lowest BCUT2D eigenvalue weighted by atomic mass is 10.2. The second kappa shape index (κ2) is 9.91. The zero-order valence-electron chi connectivity index (χ0n) is 16.2. The summed E-state index contributed by atoms with van der Waals surface area (Å²) in [4.78, 5) is 30.3. The molecule has 1 amide bonds. The van der Waals surface area contributed by atoms with Gasteiger partial charge in [0.15, 0.2) is 5.16 Å². The molecule has 2 aromatic carbocycles. The first-order chi connectivity index (χ1) is 14.0. The highest BCUT2D eigenvalue weighted by atomic mass is 35.5. The molecule has 1 N–H and O–H groups in total. The van der Waals surface area contributed by atoms with Gasteiger partial charge in [-0.3, -0.25) is 14.2 Å². The highest BCUT2D eigenvalue weighted by molar-refractivity contribution is 8.00. The third-order valence-electron chi connectivity index (χ3n) is 4.29. The monoisotopic (exact) mass is 431 g/mol. The summed E-state index contributed by atoms with van der Waals surface area (Å²) in [5.74, 6) is -0.119. The van der Waals surface area contributed by atoms with Gasteiger partial charge in [0.2, 0.25) is 5.91 Å². The number of carbonyl (C=O) groups excluding carboxylic acids is 1. The Labute approximate surface area is 178 Å². The van der Waals surface area contributed by atoms with Gasteiger partial charge in [-0.15, -0.1) is 0 Å². The number of halogens is 1. The third-order valence-corrected chi connectivity index (χ3v) is 5.57. The first kappa shape index (κ1) is 21.4. The van der Waals surface area contributed by atoms with Crippen LogP contribution in [-0.4, -0.2) is 41.0 Å². The second-order valence-corrected chi connectivity index (χ2v) is 8.17. The highest BCUT2D eigenvalue weighted by Gasteiger charge is 2.20. The van der Waals surface area contributed by atoms with Gasteiger partial charge in [0.1, 0.15) is 0 Å². The molecule has 1 unspecified atom stereocenters. The van der Waals surface area contributed by atoms with E-state index in [1.54, 1.807) is 56.5 Å². The van der Waals surface area contributed by atoms with Gasteiger partial charge in [-0.1, -0.05) is 41.6 Å². The van der Waals surface area contributed by atoms with Crippen molar-refractivity contribution in [2.24, 2.45) is 0 Å². The lowest BCUT2D eigenvalue weighted by Crippen LogP contribution is -2.33. The molecule has 0 bridgehead atoms. The summed E-state index contributed by atoms with van der Waals surface area (Å²) in [6.45, 7) is 2.91. The van der Waals surface area contributed by atoms with Gasteiger partial charge in [0.05, 0.1) is 21.8 Å². The minimum atomic E-state index is -0.434. The summed E-state index contributed by atoms with van der Waals surface area (Å²) >= 11 is 7.38. The van der Waals surface area contributed by atoms with E-state index < -0.39 is 5.25 Å². The molecule has 0 saturated carbocycles. The van der Waals surface area contributed by atoms with Crippen molar-refractivity contribution < 1.29 is 9.53 Å². The first-order valence-corrected chi connectivity index (χ1v) is 10.5. The average molecular weight is 432 g/mol. The lowest BCUT2D eigenvalue weighted by molar-refractivity contribution is -0.120. The predicted molar refractivity (Wildman–Crippen MR) is 117 cm³/mol. The van der Waals surface area contributed by atoms with Gasteiger partial charge in [0.25, 0.3) is 5.56 Å². The average Bonchev–Trinajstić information content (AvgIpc) is 2.71. The molecule has 0 fully saturated rings. The van der Waals surface area contributed by atoms with Crippen molar-refractivity contribution in [1.82, 2.24) is 14.9 Å². The normalized spacial score (nSPS) is 12.1. The van der Waals surface area contributed by atoms with E-state index in [-0.39, 0.29) is 11.5 Å². The number of hydrogen-bond acceptors (Lipinski definition) is 5. The van der Waals surface area contributed by atoms with Gasteiger partial charge < -0.3 is 10.1 Å². The fourth-order valence-electron chi connectivity index (χ4n) is 2.82. The molecule has 0 spiro atoms. The van der Waals surface area contributed by atoms with Gasteiger partial charge in [0, 0.05) is 25.3 Å². The summed E-state index contributed by atoms with van der Waals surface area (Å²) in [5, 5.41) is 3.91. The Morgan fingerprint density at radius 3 is 2.83 bits per heavy atom. The molecule has 8 heteroatoms. The molecular formula is C21H22ClN3O3S. The second-order valence-electron chi connectivity index (χ2n) is 6.43. The summed E-state index contributed by atoms with van der Waals surface area (Å²) in [7, 11) is 1.63. The maximum atomic E-state index is 13.2. The number of methoxy groups -OCH3 is 1. The Hall–Kier alpha value is -2.35. The number of hydrogen-bond donors (Lipinski definition) is 1. The van der Waals surface area contributed by atoms with Crippen molar-refractivity contribution in [3.8, 4) is 5.69 Å². The van der Waals surface area contributed by atoms with Crippen LogP contribution in [0.2, 0.25) is 5.02 Å². The Kier molecular flexibility index (Phi) is 7.30. The van der Waals surface area contributed by atoms with Crippen LogP contribution in [0, 0.1) is 0 Å². The van der Waals surface area contributed by atoms with Crippen LogP contribution in [0.5, 0.6) is 0 Å². The maximum absolute atomic E-state index is 13.2. The van der Waals surface area contributed by atoms with E-state index in [9.17, 15) is 9.59 Å². The third kappa shape index (κ3) is 5.18. The van der Waals surface area contributed by atoms with Gasteiger partial charge in [-0.2, -0.15) is 0 Å². The Morgan fingerprint density at radius 1 is 1.28 bits per heavy atom. The molecule has 0 aliphatic rings. The fourth-order valence-corrected chi connectivity index (χ4v) is 3.95. The molecule has 6 nitrogen and oxygen atoms in total. The largest absolute Gasteiger partial charge is 0.385 e. The van der Waals surface area contributed by atoms with E-state index in [2.05, 4.69) is 10.3 Å². The molecule has 0 aliphatic heterocycles. The van der Waals surface area contributed by atoms with Crippen molar-refractivity contribution in [2.75, 3.05) is 20.3 Å².